The van der Waals surface area contributed by atoms with E-state index in [0.717, 1.165) is 12.1 Å². The van der Waals surface area contributed by atoms with Crippen molar-refractivity contribution in [3.8, 4) is 0 Å². The van der Waals surface area contributed by atoms with Crippen LogP contribution in [0.25, 0.3) is 0 Å². The lowest BCUT2D eigenvalue weighted by atomic mass is 10.1. The van der Waals surface area contributed by atoms with Crippen LogP contribution >= 0.6 is 0 Å². The molecule has 1 aromatic heterocycles. The van der Waals surface area contributed by atoms with Crippen molar-refractivity contribution in [2.24, 2.45) is 0 Å². The second-order valence-electron chi connectivity index (χ2n) is 6.46. The van der Waals surface area contributed by atoms with Gasteiger partial charge in [0, 0.05) is 26.7 Å². The minimum atomic E-state index is -0.171. The van der Waals surface area contributed by atoms with Crippen molar-refractivity contribution >= 4 is 5.91 Å². The number of hydrogen-bond donors (Lipinski definition) is 0. The van der Waals surface area contributed by atoms with Gasteiger partial charge in [-0.2, -0.15) is 5.10 Å². The molecule has 0 radical (unpaired) electrons. The fraction of sp³-hybridized carbons (Fsp3) is 0.500. The van der Waals surface area contributed by atoms with Gasteiger partial charge in [-0.25, -0.2) is 4.98 Å². The minimum absolute atomic E-state index is 0.0186. The molecular formula is C18H25N5O2. The Balaban J connectivity index is 1.55. The average Bonchev–Trinajstić information content (AvgIpc) is 3.14. The number of nitrogens with zero attached hydrogens (tertiary/aromatic N) is 5. The summed E-state index contributed by atoms with van der Waals surface area (Å²) in [5, 5.41) is 4.12. The van der Waals surface area contributed by atoms with Gasteiger partial charge in [0.1, 0.15) is 12.7 Å². The Morgan fingerprint density at radius 1 is 1.40 bits per heavy atom. The monoisotopic (exact) mass is 343 g/mol. The summed E-state index contributed by atoms with van der Waals surface area (Å²) in [6.45, 7) is 5.35. The Labute approximate surface area is 148 Å². The molecule has 7 heteroatoms. The summed E-state index contributed by atoms with van der Waals surface area (Å²) in [7, 11) is 1.86. The molecule has 0 N–H and O–H groups in total. The van der Waals surface area contributed by atoms with Gasteiger partial charge in [0.15, 0.2) is 0 Å². The van der Waals surface area contributed by atoms with Crippen LogP contribution in [0.15, 0.2) is 43.0 Å². The third-order valence-electron chi connectivity index (χ3n) is 4.57. The van der Waals surface area contributed by atoms with Crippen LogP contribution in [-0.4, -0.2) is 69.4 Å². The van der Waals surface area contributed by atoms with E-state index >= 15 is 0 Å². The first kappa shape index (κ1) is 17.6. The van der Waals surface area contributed by atoms with Crippen molar-refractivity contribution in [2.75, 3.05) is 26.7 Å². The normalized spacial score (nSPS) is 19.5. The van der Waals surface area contributed by atoms with Crippen molar-refractivity contribution in [3.05, 3.63) is 48.5 Å². The molecule has 0 saturated carbocycles. The van der Waals surface area contributed by atoms with E-state index in [9.17, 15) is 4.79 Å². The first-order valence-corrected chi connectivity index (χ1v) is 8.60. The van der Waals surface area contributed by atoms with Crippen molar-refractivity contribution in [1.82, 2.24) is 24.6 Å². The molecule has 2 aromatic rings. The summed E-state index contributed by atoms with van der Waals surface area (Å²) in [6.07, 6.45) is 3.22. The quantitative estimate of drug-likeness (QED) is 0.784. The minimum Gasteiger partial charge on any atom is -0.374 e. The van der Waals surface area contributed by atoms with Crippen LogP contribution < -0.4 is 0 Å². The van der Waals surface area contributed by atoms with E-state index in [2.05, 4.69) is 15.0 Å². The van der Waals surface area contributed by atoms with Crippen molar-refractivity contribution < 1.29 is 9.53 Å². The fourth-order valence-corrected chi connectivity index (χ4v) is 3.15. The molecule has 1 aliphatic heterocycles. The maximum atomic E-state index is 12.8. The third-order valence-corrected chi connectivity index (χ3v) is 4.57. The largest absolute Gasteiger partial charge is 0.374 e. The van der Waals surface area contributed by atoms with Crippen LogP contribution in [-0.2, 0) is 22.6 Å². The molecule has 0 bridgehead atoms. The number of hydrogen-bond acceptors (Lipinski definition) is 5. The number of carbonyl (C=O) groups is 1. The van der Waals surface area contributed by atoms with E-state index in [1.807, 2.05) is 44.3 Å². The predicted octanol–water partition coefficient (Wildman–Crippen LogP) is 1.03. The van der Waals surface area contributed by atoms with E-state index in [1.165, 1.54) is 6.33 Å². The van der Waals surface area contributed by atoms with Gasteiger partial charge in [-0.3, -0.25) is 14.4 Å². The summed E-state index contributed by atoms with van der Waals surface area (Å²) in [4.78, 5) is 20.7. The maximum Gasteiger partial charge on any atom is 0.239 e. The number of likely N-dealkylation sites (N-methyl/N-ethyl adjacent to an activating group) is 1. The highest BCUT2D eigenvalue weighted by molar-refractivity contribution is 5.81. The molecular weight excluding hydrogens is 318 g/mol. The molecule has 2 heterocycles. The summed E-state index contributed by atoms with van der Waals surface area (Å²) in [6, 6.07) is 9.88. The van der Waals surface area contributed by atoms with E-state index in [1.54, 1.807) is 15.9 Å². The van der Waals surface area contributed by atoms with Crippen LogP contribution in [0.2, 0.25) is 0 Å². The molecule has 7 nitrogen and oxygen atoms in total. The highest BCUT2D eigenvalue weighted by Crippen LogP contribution is 2.13. The second kappa shape index (κ2) is 8.22. The molecule has 0 spiro atoms. The van der Waals surface area contributed by atoms with Crippen LogP contribution in [0.1, 0.15) is 12.5 Å². The zero-order chi connectivity index (χ0) is 17.6. The average molecular weight is 343 g/mol. The SMILES string of the molecule is C[C@H](C(=O)N(C)Cc1ccccc1)N1CCO[C@@H](Cn2cncn2)C1. The third kappa shape index (κ3) is 4.64. The van der Waals surface area contributed by atoms with Gasteiger partial charge in [0.05, 0.1) is 25.3 Å². The number of benzene rings is 1. The number of rotatable bonds is 6. The van der Waals surface area contributed by atoms with Gasteiger partial charge in [-0.15, -0.1) is 0 Å². The number of aromatic nitrogens is 3. The van der Waals surface area contributed by atoms with Gasteiger partial charge < -0.3 is 9.64 Å². The number of amides is 1. The number of carbonyl (C=O) groups excluding carboxylic acids is 1. The lowest BCUT2D eigenvalue weighted by Crippen LogP contribution is -2.53. The number of morpholine rings is 1. The Bertz CT molecular complexity index is 661. The second-order valence-corrected chi connectivity index (χ2v) is 6.46. The van der Waals surface area contributed by atoms with Gasteiger partial charge in [0.2, 0.25) is 5.91 Å². The Hall–Kier alpha value is -2.25. The molecule has 1 amide bonds. The number of ether oxygens (including phenoxy) is 1. The molecule has 2 atom stereocenters. The summed E-state index contributed by atoms with van der Waals surface area (Å²) in [5.74, 6) is 0.130. The fourth-order valence-electron chi connectivity index (χ4n) is 3.15. The molecule has 134 valence electrons. The van der Waals surface area contributed by atoms with Gasteiger partial charge in [0.25, 0.3) is 0 Å². The van der Waals surface area contributed by atoms with Crippen LogP contribution in [0.3, 0.4) is 0 Å². The zero-order valence-corrected chi connectivity index (χ0v) is 14.8. The smallest absolute Gasteiger partial charge is 0.239 e. The van der Waals surface area contributed by atoms with Crippen LogP contribution in [0, 0.1) is 0 Å². The summed E-state index contributed by atoms with van der Waals surface area (Å²) in [5.41, 5.74) is 1.14. The maximum absolute atomic E-state index is 12.8. The molecule has 0 unspecified atom stereocenters. The van der Waals surface area contributed by atoms with Crippen molar-refractivity contribution in [3.63, 3.8) is 0 Å². The van der Waals surface area contributed by atoms with Crippen LogP contribution in [0.4, 0.5) is 0 Å². The highest BCUT2D eigenvalue weighted by atomic mass is 16.5. The van der Waals surface area contributed by atoms with E-state index in [0.29, 0.717) is 26.2 Å². The molecule has 0 aliphatic carbocycles. The van der Waals surface area contributed by atoms with Gasteiger partial charge in [-0.05, 0) is 12.5 Å². The summed E-state index contributed by atoms with van der Waals surface area (Å²) < 4.78 is 7.58. The predicted molar refractivity (Wildman–Crippen MR) is 93.7 cm³/mol. The molecule has 25 heavy (non-hydrogen) atoms. The van der Waals surface area contributed by atoms with E-state index in [-0.39, 0.29) is 18.1 Å². The first-order valence-electron chi connectivity index (χ1n) is 8.60. The van der Waals surface area contributed by atoms with Gasteiger partial charge in [-0.1, -0.05) is 30.3 Å². The Kier molecular flexibility index (Phi) is 5.78. The van der Waals surface area contributed by atoms with Crippen LogP contribution in [0.5, 0.6) is 0 Å². The van der Waals surface area contributed by atoms with Crippen molar-refractivity contribution in [2.45, 2.75) is 32.2 Å². The van der Waals surface area contributed by atoms with E-state index in [4.69, 9.17) is 4.74 Å². The molecule has 1 saturated heterocycles. The zero-order valence-electron chi connectivity index (χ0n) is 14.8. The van der Waals surface area contributed by atoms with Crippen molar-refractivity contribution in [1.29, 1.82) is 0 Å². The first-order chi connectivity index (χ1) is 12.1. The Morgan fingerprint density at radius 3 is 2.92 bits per heavy atom. The molecule has 1 aromatic carbocycles. The standard InChI is InChI=1S/C18H25N5O2/c1-15(18(24)21(2)10-16-6-4-3-5-7-16)22-8-9-25-17(11-22)12-23-14-19-13-20-23/h3-7,13-15,17H,8-12H2,1-2H3/t15-,17-/m1/s1. The molecule has 1 aliphatic rings. The lowest BCUT2D eigenvalue weighted by Gasteiger charge is -2.37. The molecule has 1 fully saturated rings. The van der Waals surface area contributed by atoms with E-state index < -0.39 is 0 Å². The lowest BCUT2D eigenvalue weighted by molar-refractivity contribution is -0.139. The topological polar surface area (TPSA) is 63.5 Å². The summed E-state index contributed by atoms with van der Waals surface area (Å²) >= 11 is 0. The Morgan fingerprint density at radius 2 is 2.20 bits per heavy atom. The van der Waals surface area contributed by atoms with Gasteiger partial charge >= 0.3 is 0 Å². The molecule has 3 rings (SSSR count). The highest BCUT2D eigenvalue weighted by Gasteiger charge is 2.29.